The molecule has 0 fully saturated rings. The van der Waals surface area contributed by atoms with Crippen molar-refractivity contribution in [2.75, 3.05) is 7.05 Å². The van der Waals surface area contributed by atoms with Gasteiger partial charge in [-0.2, -0.15) is 0 Å². The molecule has 0 saturated heterocycles. The molecule has 0 spiro atoms. The molecule has 2 rings (SSSR count). The molecular formula is C17H19ClN2O2S. The van der Waals surface area contributed by atoms with Crippen LogP contribution in [0.3, 0.4) is 0 Å². The molecule has 1 heterocycles. The average molecular weight is 351 g/mol. The molecule has 1 aromatic carbocycles. The monoisotopic (exact) mass is 350 g/mol. The Kier molecular flexibility index (Phi) is 5.80. The Morgan fingerprint density at radius 2 is 1.96 bits per heavy atom. The van der Waals surface area contributed by atoms with Crippen LogP contribution in [0.1, 0.15) is 35.1 Å². The van der Waals surface area contributed by atoms with Gasteiger partial charge in [0.05, 0.1) is 10.9 Å². The van der Waals surface area contributed by atoms with Crippen LogP contribution in [-0.4, -0.2) is 29.8 Å². The van der Waals surface area contributed by atoms with Gasteiger partial charge < -0.3 is 10.2 Å². The minimum atomic E-state index is -0.601. The minimum Gasteiger partial charge on any atom is -0.340 e. The number of rotatable bonds is 5. The average Bonchev–Trinajstić information content (AvgIpc) is 3.07. The summed E-state index contributed by atoms with van der Waals surface area (Å²) in [5.74, 6) is -0.382. The lowest BCUT2D eigenvalue weighted by Gasteiger charge is -2.28. The van der Waals surface area contributed by atoms with E-state index in [0.717, 1.165) is 5.56 Å². The Balaban J connectivity index is 2.02. The van der Waals surface area contributed by atoms with Crippen LogP contribution in [0.25, 0.3) is 0 Å². The van der Waals surface area contributed by atoms with Crippen molar-refractivity contribution in [2.45, 2.75) is 25.9 Å². The largest absolute Gasteiger partial charge is 0.340 e. The smallest absolute Gasteiger partial charge is 0.261 e. The van der Waals surface area contributed by atoms with E-state index in [-0.39, 0.29) is 17.9 Å². The SMILES string of the molecule is CC(NC(=O)c1cccs1)C(=O)N(C)C(C)c1cccc(Cl)c1. The van der Waals surface area contributed by atoms with E-state index in [1.807, 2.05) is 30.5 Å². The number of amides is 2. The van der Waals surface area contributed by atoms with Crippen LogP contribution >= 0.6 is 22.9 Å². The number of likely N-dealkylation sites (N-methyl/N-ethyl adjacent to an activating group) is 1. The Bertz CT molecular complexity index is 688. The number of carbonyl (C=O) groups excluding carboxylic acids is 2. The summed E-state index contributed by atoms with van der Waals surface area (Å²) in [5.41, 5.74) is 0.949. The molecule has 4 nitrogen and oxygen atoms in total. The normalized spacial score (nSPS) is 13.2. The number of benzene rings is 1. The Morgan fingerprint density at radius 3 is 2.57 bits per heavy atom. The highest BCUT2D eigenvalue weighted by atomic mass is 35.5. The van der Waals surface area contributed by atoms with Gasteiger partial charge in [-0.15, -0.1) is 11.3 Å². The molecule has 0 aliphatic carbocycles. The molecule has 0 radical (unpaired) electrons. The van der Waals surface area contributed by atoms with E-state index in [0.29, 0.717) is 9.90 Å². The van der Waals surface area contributed by atoms with Crippen LogP contribution < -0.4 is 5.32 Å². The zero-order valence-corrected chi connectivity index (χ0v) is 14.8. The summed E-state index contributed by atoms with van der Waals surface area (Å²) in [4.78, 5) is 26.8. The summed E-state index contributed by atoms with van der Waals surface area (Å²) in [7, 11) is 1.72. The van der Waals surface area contributed by atoms with Crippen LogP contribution in [0.5, 0.6) is 0 Å². The molecule has 0 bridgehead atoms. The molecule has 122 valence electrons. The third-order valence-corrected chi connectivity index (χ3v) is 4.83. The maximum atomic E-state index is 12.5. The zero-order valence-electron chi connectivity index (χ0n) is 13.2. The van der Waals surface area contributed by atoms with Crippen molar-refractivity contribution in [3.8, 4) is 0 Å². The first kappa shape index (κ1) is 17.5. The van der Waals surface area contributed by atoms with Crippen molar-refractivity contribution in [1.82, 2.24) is 10.2 Å². The number of nitrogens with one attached hydrogen (secondary N) is 1. The molecule has 1 N–H and O–H groups in total. The Hall–Kier alpha value is -1.85. The highest BCUT2D eigenvalue weighted by molar-refractivity contribution is 7.12. The van der Waals surface area contributed by atoms with Gasteiger partial charge in [0.2, 0.25) is 5.91 Å². The lowest BCUT2D eigenvalue weighted by atomic mass is 10.1. The predicted octanol–water partition coefficient (Wildman–Crippen LogP) is 3.74. The molecule has 0 aliphatic heterocycles. The van der Waals surface area contributed by atoms with Crippen molar-refractivity contribution < 1.29 is 9.59 Å². The summed E-state index contributed by atoms with van der Waals surface area (Å²) in [6.45, 7) is 3.62. The quantitative estimate of drug-likeness (QED) is 0.893. The molecule has 0 saturated carbocycles. The number of hydrogen-bond donors (Lipinski definition) is 1. The van der Waals surface area contributed by atoms with Crippen molar-refractivity contribution in [1.29, 1.82) is 0 Å². The fourth-order valence-electron chi connectivity index (χ4n) is 2.22. The predicted molar refractivity (Wildman–Crippen MR) is 93.9 cm³/mol. The first-order valence-corrected chi connectivity index (χ1v) is 8.52. The van der Waals surface area contributed by atoms with Gasteiger partial charge in [0.15, 0.2) is 0 Å². The van der Waals surface area contributed by atoms with Crippen molar-refractivity contribution in [3.05, 3.63) is 57.2 Å². The molecule has 0 aliphatic rings. The van der Waals surface area contributed by atoms with E-state index in [9.17, 15) is 9.59 Å². The fraction of sp³-hybridized carbons (Fsp3) is 0.294. The number of thiophene rings is 1. The van der Waals surface area contributed by atoms with Gasteiger partial charge >= 0.3 is 0 Å². The maximum Gasteiger partial charge on any atom is 0.261 e. The van der Waals surface area contributed by atoms with Crippen LogP contribution in [0, 0.1) is 0 Å². The Morgan fingerprint density at radius 1 is 1.22 bits per heavy atom. The summed E-state index contributed by atoms with van der Waals surface area (Å²) >= 11 is 7.35. The second-order valence-corrected chi connectivity index (χ2v) is 6.74. The van der Waals surface area contributed by atoms with Crippen LogP contribution in [-0.2, 0) is 4.79 Å². The van der Waals surface area contributed by atoms with Gasteiger partial charge in [-0.05, 0) is 43.0 Å². The molecule has 6 heteroatoms. The lowest BCUT2D eigenvalue weighted by Crippen LogP contribution is -2.46. The zero-order chi connectivity index (χ0) is 17.0. The minimum absolute atomic E-state index is 0.137. The van der Waals surface area contributed by atoms with Gasteiger partial charge in [-0.25, -0.2) is 0 Å². The Labute approximate surface area is 145 Å². The summed E-state index contributed by atoms with van der Waals surface area (Å²) < 4.78 is 0. The molecule has 2 atom stereocenters. The topological polar surface area (TPSA) is 49.4 Å². The van der Waals surface area contributed by atoms with Crippen molar-refractivity contribution >= 4 is 34.8 Å². The van der Waals surface area contributed by atoms with E-state index < -0.39 is 6.04 Å². The number of halogens is 1. The third kappa shape index (κ3) is 4.33. The molecule has 1 aromatic heterocycles. The highest BCUT2D eigenvalue weighted by Gasteiger charge is 2.24. The van der Waals surface area contributed by atoms with E-state index >= 15 is 0 Å². The van der Waals surface area contributed by atoms with Gasteiger partial charge in [0.1, 0.15) is 6.04 Å². The van der Waals surface area contributed by atoms with Gasteiger partial charge in [-0.3, -0.25) is 9.59 Å². The first-order chi connectivity index (χ1) is 10.9. The third-order valence-electron chi connectivity index (χ3n) is 3.72. The number of carbonyl (C=O) groups is 2. The fourth-order valence-corrected chi connectivity index (χ4v) is 3.05. The highest BCUT2D eigenvalue weighted by Crippen LogP contribution is 2.22. The maximum absolute atomic E-state index is 12.5. The first-order valence-electron chi connectivity index (χ1n) is 7.26. The van der Waals surface area contributed by atoms with Gasteiger partial charge in [0, 0.05) is 12.1 Å². The number of hydrogen-bond acceptors (Lipinski definition) is 3. The molecule has 2 aromatic rings. The molecular weight excluding hydrogens is 332 g/mol. The number of nitrogens with zero attached hydrogens (tertiary/aromatic N) is 1. The standard InChI is InChI=1S/C17H19ClN2O2S/c1-11(19-16(21)15-8-5-9-23-15)17(22)20(3)12(2)13-6-4-7-14(18)10-13/h4-12H,1-3H3,(H,19,21). The second kappa shape index (κ2) is 7.62. The van der Waals surface area contributed by atoms with E-state index in [1.54, 1.807) is 37.1 Å². The molecule has 2 amide bonds. The van der Waals surface area contributed by atoms with E-state index in [4.69, 9.17) is 11.6 Å². The van der Waals surface area contributed by atoms with E-state index in [2.05, 4.69) is 5.32 Å². The summed E-state index contributed by atoms with van der Waals surface area (Å²) in [6, 6.07) is 10.2. The van der Waals surface area contributed by atoms with Crippen LogP contribution in [0.2, 0.25) is 5.02 Å². The van der Waals surface area contributed by atoms with Crippen LogP contribution in [0.15, 0.2) is 41.8 Å². The summed E-state index contributed by atoms with van der Waals surface area (Å²) in [5, 5.41) is 5.20. The van der Waals surface area contributed by atoms with Crippen molar-refractivity contribution in [2.24, 2.45) is 0 Å². The molecule has 23 heavy (non-hydrogen) atoms. The van der Waals surface area contributed by atoms with Crippen LogP contribution in [0.4, 0.5) is 0 Å². The van der Waals surface area contributed by atoms with Gasteiger partial charge in [0.25, 0.3) is 5.91 Å². The lowest BCUT2D eigenvalue weighted by molar-refractivity contribution is -0.133. The van der Waals surface area contributed by atoms with Crippen molar-refractivity contribution in [3.63, 3.8) is 0 Å². The summed E-state index contributed by atoms with van der Waals surface area (Å²) in [6.07, 6.45) is 0. The van der Waals surface area contributed by atoms with E-state index in [1.165, 1.54) is 11.3 Å². The second-order valence-electron chi connectivity index (χ2n) is 5.35. The van der Waals surface area contributed by atoms with Gasteiger partial charge in [-0.1, -0.05) is 29.8 Å². The molecule has 2 unspecified atom stereocenters.